The number of hydrogen-bond acceptors (Lipinski definition) is 6. The molecule has 0 atom stereocenters. The van der Waals surface area contributed by atoms with Crippen LogP contribution in [0.15, 0.2) is 59.0 Å². The van der Waals surface area contributed by atoms with Crippen molar-refractivity contribution in [3.05, 3.63) is 71.5 Å². The fourth-order valence-corrected chi connectivity index (χ4v) is 4.04. The first-order chi connectivity index (χ1) is 20.1. The maximum absolute atomic E-state index is 13.9. The van der Waals surface area contributed by atoms with Gasteiger partial charge in [0.1, 0.15) is 22.9 Å². The molecule has 0 unspecified atom stereocenters. The van der Waals surface area contributed by atoms with Crippen LogP contribution in [0.2, 0.25) is 0 Å². The number of anilines is 1. The molecule has 0 aliphatic heterocycles. The molecular formula is C29H23F6N5O3. The van der Waals surface area contributed by atoms with Crippen molar-refractivity contribution < 1.29 is 40.3 Å². The summed E-state index contributed by atoms with van der Waals surface area (Å²) in [6.07, 6.45) is -5.86. The minimum atomic E-state index is -5.86. The minimum Gasteiger partial charge on any atom is -0.437 e. The summed E-state index contributed by atoms with van der Waals surface area (Å²) >= 11 is 0. The molecule has 14 heteroatoms. The molecule has 2 aromatic heterocycles. The second kappa shape index (κ2) is 11.3. The van der Waals surface area contributed by atoms with Crippen LogP contribution in [0.4, 0.5) is 32.2 Å². The minimum absolute atomic E-state index is 0.0400. The zero-order chi connectivity index (χ0) is 31.7. The van der Waals surface area contributed by atoms with E-state index in [2.05, 4.69) is 15.6 Å². The molecule has 0 fully saturated rings. The molecule has 4 rings (SSSR count). The standard InChI is InChI=1S/C29H23F6N5O3/c1-27(2,13-36)40-24(41)17-6-4-5-16(11-17)19-12-20-21(25(42)37-3)22(15-7-9-18(30)10-8-15)43-26(20)39-23(19)38-14-28(31,32)29(33,34)35/h4-12H,14H2,1-3H3,(H,37,42)(H,38,39)(H,40,41). The van der Waals surface area contributed by atoms with Crippen molar-refractivity contribution >= 4 is 28.7 Å². The van der Waals surface area contributed by atoms with E-state index in [4.69, 9.17) is 4.42 Å². The number of benzene rings is 2. The smallest absolute Gasteiger partial charge is 0.437 e. The largest absolute Gasteiger partial charge is 0.455 e. The first-order valence-electron chi connectivity index (χ1n) is 12.5. The summed E-state index contributed by atoms with van der Waals surface area (Å²) in [7, 11) is 1.34. The van der Waals surface area contributed by atoms with Crippen molar-refractivity contribution in [2.75, 3.05) is 18.9 Å². The molecule has 43 heavy (non-hydrogen) atoms. The predicted molar refractivity (Wildman–Crippen MR) is 145 cm³/mol. The summed E-state index contributed by atoms with van der Waals surface area (Å²) in [5, 5.41) is 16.3. The van der Waals surface area contributed by atoms with Crippen LogP contribution in [-0.2, 0) is 0 Å². The molecule has 224 valence electrons. The predicted octanol–water partition coefficient (Wildman–Crippen LogP) is 6.30. The molecule has 4 aromatic rings. The van der Waals surface area contributed by atoms with Crippen LogP contribution in [-0.4, -0.2) is 48.0 Å². The van der Waals surface area contributed by atoms with Gasteiger partial charge in [0.25, 0.3) is 11.8 Å². The van der Waals surface area contributed by atoms with Crippen LogP contribution in [0.1, 0.15) is 34.6 Å². The molecule has 0 radical (unpaired) electrons. The zero-order valence-corrected chi connectivity index (χ0v) is 22.8. The number of pyridine rings is 1. The van der Waals surface area contributed by atoms with Gasteiger partial charge < -0.3 is 20.4 Å². The van der Waals surface area contributed by atoms with Crippen LogP contribution in [0.25, 0.3) is 33.6 Å². The Balaban J connectivity index is 1.93. The molecule has 3 N–H and O–H groups in total. The van der Waals surface area contributed by atoms with Gasteiger partial charge >= 0.3 is 12.1 Å². The summed E-state index contributed by atoms with van der Waals surface area (Å²) < 4.78 is 86.0. The van der Waals surface area contributed by atoms with Gasteiger partial charge in [-0.3, -0.25) is 9.59 Å². The topological polar surface area (TPSA) is 120 Å². The van der Waals surface area contributed by atoms with Gasteiger partial charge in [-0.1, -0.05) is 12.1 Å². The van der Waals surface area contributed by atoms with E-state index in [1.807, 2.05) is 11.4 Å². The van der Waals surface area contributed by atoms with Gasteiger partial charge in [-0.2, -0.15) is 32.2 Å². The van der Waals surface area contributed by atoms with Crippen LogP contribution >= 0.6 is 0 Å². The number of nitriles is 1. The molecule has 0 aliphatic rings. The first kappa shape index (κ1) is 30.9. The van der Waals surface area contributed by atoms with Gasteiger partial charge in [-0.05, 0) is 61.9 Å². The highest BCUT2D eigenvalue weighted by atomic mass is 19.4. The van der Waals surface area contributed by atoms with Crippen molar-refractivity contribution in [1.29, 1.82) is 5.26 Å². The summed E-state index contributed by atoms with van der Waals surface area (Å²) in [4.78, 5) is 29.9. The number of aromatic nitrogens is 1. The summed E-state index contributed by atoms with van der Waals surface area (Å²) in [6, 6.07) is 13.7. The summed E-state index contributed by atoms with van der Waals surface area (Å²) in [6.45, 7) is 1.05. The highest BCUT2D eigenvalue weighted by molar-refractivity contribution is 6.11. The molecule has 2 amide bonds. The Labute approximate surface area is 240 Å². The van der Waals surface area contributed by atoms with E-state index in [-0.39, 0.29) is 44.7 Å². The third-order valence-corrected chi connectivity index (χ3v) is 6.28. The van der Waals surface area contributed by atoms with E-state index < -0.39 is 47.6 Å². The van der Waals surface area contributed by atoms with Crippen molar-refractivity contribution in [3.63, 3.8) is 0 Å². The SMILES string of the molecule is CNC(=O)c1c(-c2ccc(F)cc2)oc2nc(NCC(F)(F)C(F)(F)F)c(-c3cccc(C(=O)NC(C)(C)C#N)c3)cc12. The van der Waals surface area contributed by atoms with Gasteiger partial charge in [0.2, 0.25) is 5.71 Å². The molecular weight excluding hydrogens is 580 g/mol. The number of furan rings is 1. The number of carbonyl (C=O) groups is 2. The van der Waals surface area contributed by atoms with E-state index in [1.54, 1.807) is 0 Å². The van der Waals surface area contributed by atoms with Crippen LogP contribution in [0, 0.1) is 17.1 Å². The number of rotatable bonds is 8. The van der Waals surface area contributed by atoms with Gasteiger partial charge in [0, 0.05) is 23.7 Å². The first-order valence-corrected chi connectivity index (χ1v) is 12.5. The molecule has 0 saturated heterocycles. The number of halogens is 6. The number of amides is 2. The van der Waals surface area contributed by atoms with Crippen LogP contribution in [0.3, 0.4) is 0 Å². The van der Waals surface area contributed by atoms with E-state index >= 15 is 0 Å². The molecule has 0 saturated carbocycles. The number of nitrogens with zero attached hydrogens (tertiary/aromatic N) is 2. The lowest BCUT2D eigenvalue weighted by Crippen LogP contribution is -2.42. The van der Waals surface area contributed by atoms with E-state index in [9.17, 15) is 41.2 Å². The molecule has 0 spiro atoms. The fraction of sp³-hybridized carbons (Fsp3) is 0.241. The third-order valence-electron chi connectivity index (χ3n) is 6.28. The normalized spacial score (nSPS) is 12.1. The van der Waals surface area contributed by atoms with Gasteiger partial charge in [-0.25, -0.2) is 4.39 Å². The highest BCUT2D eigenvalue weighted by Gasteiger charge is 2.57. The summed E-state index contributed by atoms with van der Waals surface area (Å²) in [5.74, 6) is -7.54. The lowest BCUT2D eigenvalue weighted by Gasteiger charge is -2.21. The number of nitrogens with one attached hydrogen (secondary N) is 3. The maximum atomic E-state index is 13.9. The Kier molecular flexibility index (Phi) is 8.13. The Morgan fingerprint density at radius 3 is 2.26 bits per heavy atom. The monoisotopic (exact) mass is 603 g/mol. The van der Waals surface area contributed by atoms with E-state index in [0.717, 1.165) is 12.1 Å². The average molecular weight is 604 g/mol. The quantitative estimate of drug-likeness (QED) is 0.203. The molecule has 8 nitrogen and oxygen atoms in total. The number of alkyl halides is 5. The Bertz CT molecular complexity index is 1740. The van der Waals surface area contributed by atoms with Gasteiger partial charge in [0.05, 0.1) is 23.6 Å². The number of fused-ring (bicyclic) bond motifs is 1. The number of carbonyl (C=O) groups excluding carboxylic acids is 2. The maximum Gasteiger partial charge on any atom is 0.455 e. The van der Waals surface area contributed by atoms with Crippen molar-refractivity contribution in [2.24, 2.45) is 0 Å². The molecule has 0 aliphatic carbocycles. The average Bonchev–Trinajstić information content (AvgIpc) is 3.33. The van der Waals surface area contributed by atoms with Crippen molar-refractivity contribution in [2.45, 2.75) is 31.5 Å². The van der Waals surface area contributed by atoms with Crippen LogP contribution in [0.5, 0.6) is 0 Å². The molecule has 2 aromatic carbocycles. The Morgan fingerprint density at radius 1 is 0.977 bits per heavy atom. The molecule has 0 bridgehead atoms. The van der Waals surface area contributed by atoms with E-state index in [1.165, 1.54) is 63.4 Å². The lowest BCUT2D eigenvalue weighted by molar-refractivity contribution is -0.275. The second-order valence-electron chi connectivity index (χ2n) is 9.96. The second-order valence-corrected chi connectivity index (χ2v) is 9.96. The number of hydrogen-bond donors (Lipinski definition) is 3. The van der Waals surface area contributed by atoms with Gasteiger partial charge in [0.15, 0.2) is 0 Å². The Hall–Kier alpha value is -5.06. The van der Waals surface area contributed by atoms with Gasteiger partial charge in [-0.15, -0.1) is 0 Å². The van der Waals surface area contributed by atoms with Crippen molar-refractivity contribution in [3.8, 4) is 28.5 Å². The highest BCUT2D eigenvalue weighted by Crippen LogP contribution is 2.40. The zero-order valence-electron chi connectivity index (χ0n) is 22.8. The fourth-order valence-electron chi connectivity index (χ4n) is 4.04. The Morgan fingerprint density at radius 2 is 1.65 bits per heavy atom. The third kappa shape index (κ3) is 6.40. The lowest BCUT2D eigenvalue weighted by atomic mass is 9.99. The van der Waals surface area contributed by atoms with E-state index in [0.29, 0.717) is 0 Å². The molecule has 2 heterocycles. The van der Waals surface area contributed by atoms with Crippen LogP contribution < -0.4 is 16.0 Å². The van der Waals surface area contributed by atoms with Crippen molar-refractivity contribution in [1.82, 2.24) is 15.6 Å². The summed E-state index contributed by atoms with van der Waals surface area (Å²) in [5.41, 5.74) is -1.17.